The van der Waals surface area contributed by atoms with Gasteiger partial charge in [0.05, 0.1) is 44.8 Å². The molecule has 4 aromatic heterocycles. The van der Waals surface area contributed by atoms with Crippen LogP contribution >= 0.6 is 0 Å². The summed E-state index contributed by atoms with van der Waals surface area (Å²) in [6, 6.07) is 57.4. The van der Waals surface area contributed by atoms with Gasteiger partial charge >= 0.3 is 0 Å². The van der Waals surface area contributed by atoms with Crippen LogP contribution in [0, 0.1) is 13.8 Å². The molecule has 55 heavy (non-hydrogen) atoms. The molecule has 11 rings (SSSR count). The van der Waals surface area contributed by atoms with Crippen molar-refractivity contribution in [2.75, 3.05) is 0 Å². The molecule has 0 fully saturated rings. The number of pyridine rings is 2. The Kier molecular flexibility index (Phi) is 6.69. The summed E-state index contributed by atoms with van der Waals surface area (Å²) in [4.78, 5) is 10.9. The lowest BCUT2D eigenvalue weighted by atomic mass is 9.83. The average Bonchev–Trinajstić information content (AvgIpc) is 3.80. The van der Waals surface area contributed by atoms with E-state index in [1.807, 2.05) is 0 Å². The first-order valence-corrected chi connectivity index (χ1v) is 19.1. The van der Waals surface area contributed by atoms with E-state index in [2.05, 4.69) is 195 Å². The van der Waals surface area contributed by atoms with Gasteiger partial charge in [-0.25, -0.2) is 9.97 Å². The van der Waals surface area contributed by atoms with Gasteiger partial charge in [0.1, 0.15) is 0 Å². The van der Waals surface area contributed by atoms with Crippen LogP contribution in [-0.4, -0.2) is 19.1 Å². The first-order valence-electron chi connectivity index (χ1n) is 19.1. The molecule has 0 spiro atoms. The molecule has 0 saturated carbocycles. The lowest BCUT2D eigenvalue weighted by molar-refractivity contribution is 0.658. The van der Waals surface area contributed by atoms with Crippen molar-refractivity contribution in [3.63, 3.8) is 0 Å². The number of hydrogen-bond donors (Lipinski definition) is 0. The standard InChI is InChI=1S/C51H38N4/c1-31-13-19-35(20-14-31)54-45-11-7-5-9-37(45)39-23-17-33(29-47(39)54)43-27-25-41-49(52-43)50-42(51(41,3)4)26-28-44(53-50)34-18-24-40-38-10-6-8-12-46(38)55(48(40)30-34)36-21-15-32(2)16-22-36/h5-30H,1-4H3. The molecule has 1 aliphatic rings. The van der Waals surface area contributed by atoms with Crippen molar-refractivity contribution < 1.29 is 0 Å². The van der Waals surface area contributed by atoms with E-state index in [1.165, 1.54) is 65.9 Å². The molecule has 0 radical (unpaired) electrons. The number of aromatic nitrogens is 4. The fraction of sp³-hybridized carbons (Fsp3) is 0.0980. The van der Waals surface area contributed by atoms with Gasteiger partial charge in [0.15, 0.2) is 0 Å². The highest BCUT2D eigenvalue weighted by atomic mass is 15.0. The van der Waals surface area contributed by atoms with Gasteiger partial charge in [-0.3, -0.25) is 0 Å². The van der Waals surface area contributed by atoms with Crippen LogP contribution < -0.4 is 0 Å². The molecule has 4 nitrogen and oxygen atoms in total. The van der Waals surface area contributed by atoms with E-state index in [-0.39, 0.29) is 5.41 Å². The molecule has 0 bridgehead atoms. The van der Waals surface area contributed by atoms with Crippen molar-refractivity contribution in [2.45, 2.75) is 33.1 Å². The molecule has 0 saturated heterocycles. The van der Waals surface area contributed by atoms with Crippen LogP contribution in [-0.2, 0) is 5.41 Å². The highest BCUT2D eigenvalue weighted by molar-refractivity contribution is 6.11. The maximum atomic E-state index is 5.43. The molecule has 6 aromatic carbocycles. The Balaban J connectivity index is 1.05. The first-order chi connectivity index (χ1) is 26.8. The summed E-state index contributed by atoms with van der Waals surface area (Å²) in [7, 11) is 0. The molecular formula is C51H38N4. The molecule has 10 aromatic rings. The number of rotatable bonds is 4. The fourth-order valence-corrected chi connectivity index (χ4v) is 8.96. The molecule has 262 valence electrons. The smallest absolute Gasteiger partial charge is 0.0937 e. The van der Waals surface area contributed by atoms with Crippen molar-refractivity contribution in [3.05, 3.63) is 180 Å². The van der Waals surface area contributed by atoms with Gasteiger partial charge in [-0.05, 0) is 85.6 Å². The maximum Gasteiger partial charge on any atom is 0.0937 e. The Morgan fingerprint density at radius 1 is 0.400 bits per heavy atom. The minimum atomic E-state index is -0.217. The van der Waals surface area contributed by atoms with Crippen molar-refractivity contribution in [3.8, 4) is 45.3 Å². The van der Waals surface area contributed by atoms with E-state index in [1.54, 1.807) is 0 Å². The molecule has 4 heteroatoms. The molecule has 0 unspecified atom stereocenters. The van der Waals surface area contributed by atoms with Crippen molar-refractivity contribution in [1.29, 1.82) is 0 Å². The van der Waals surface area contributed by atoms with E-state index in [9.17, 15) is 0 Å². The Morgan fingerprint density at radius 2 is 0.800 bits per heavy atom. The summed E-state index contributed by atoms with van der Waals surface area (Å²) < 4.78 is 4.75. The number of fused-ring (bicyclic) bond motifs is 9. The minimum Gasteiger partial charge on any atom is -0.309 e. The fourth-order valence-electron chi connectivity index (χ4n) is 8.96. The monoisotopic (exact) mass is 706 g/mol. The zero-order valence-electron chi connectivity index (χ0n) is 31.3. The highest BCUT2D eigenvalue weighted by Crippen LogP contribution is 2.48. The SMILES string of the molecule is Cc1ccc(-n2c3ccccc3c3ccc(-c4ccc5c(n4)-c4nc(-c6ccc7c8ccccc8n(-c8ccc(C)cc8)c7c6)ccc4C5(C)C)cc32)cc1. The Labute approximate surface area is 320 Å². The molecule has 0 amide bonds. The molecular weight excluding hydrogens is 669 g/mol. The minimum absolute atomic E-state index is 0.217. The number of nitrogens with zero attached hydrogens (tertiary/aromatic N) is 4. The summed E-state index contributed by atoms with van der Waals surface area (Å²) in [6.07, 6.45) is 0. The summed E-state index contributed by atoms with van der Waals surface area (Å²) >= 11 is 0. The topological polar surface area (TPSA) is 35.6 Å². The van der Waals surface area contributed by atoms with E-state index in [0.717, 1.165) is 45.3 Å². The van der Waals surface area contributed by atoms with E-state index in [0.29, 0.717) is 0 Å². The average molecular weight is 707 g/mol. The van der Waals surface area contributed by atoms with Gasteiger partial charge in [0.25, 0.3) is 0 Å². The molecule has 0 aliphatic heterocycles. The van der Waals surface area contributed by atoms with Crippen molar-refractivity contribution >= 4 is 43.6 Å². The predicted molar refractivity (Wildman–Crippen MR) is 229 cm³/mol. The number of aryl methyl sites for hydroxylation is 2. The second kappa shape index (κ2) is 11.6. The van der Waals surface area contributed by atoms with E-state index < -0.39 is 0 Å². The lowest BCUT2D eigenvalue weighted by Gasteiger charge is -2.20. The predicted octanol–water partition coefficient (Wildman–Crippen LogP) is 12.9. The number of hydrogen-bond acceptors (Lipinski definition) is 2. The summed E-state index contributed by atoms with van der Waals surface area (Å²) in [5.74, 6) is 0. The van der Waals surface area contributed by atoms with Gasteiger partial charge in [0.2, 0.25) is 0 Å². The van der Waals surface area contributed by atoms with E-state index in [4.69, 9.17) is 9.97 Å². The number of benzene rings is 6. The largest absolute Gasteiger partial charge is 0.309 e. The summed E-state index contributed by atoms with van der Waals surface area (Å²) in [5, 5.41) is 4.96. The zero-order chi connectivity index (χ0) is 37.0. The second-order valence-electron chi connectivity index (χ2n) is 15.7. The molecule has 0 N–H and O–H groups in total. The van der Waals surface area contributed by atoms with Crippen molar-refractivity contribution in [1.82, 2.24) is 19.1 Å². The third-order valence-corrected chi connectivity index (χ3v) is 11.9. The van der Waals surface area contributed by atoms with Crippen LogP contribution in [0.15, 0.2) is 158 Å². The quantitative estimate of drug-likeness (QED) is 0.183. The summed E-state index contributed by atoms with van der Waals surface area (Å²) in [5.41, 5.74) is 17.7. The van der Waals surface area contributed by atoms with Crippen LogP contribution in [0.25, 0.3) is 88.9 Å². The van der Waals surface area contributed by atoms with Crippen LogP contribution in [0.1, 0.15) is 36.1 Å². The molecule has 0 atom stereocenters. The van der Waals surface area contributed by atoms with Gasteiger partial charge in [-0.1, -0.05) is 122 Å². The van der Waals surface area contributed by atoms with Crippen LogP contribution in [0.4, 0.5) is 0 Å². The second-order valence-corrected chi connectivity index (χ2v) is 15.7. The van der Waals surface area contributed by atoms with Crippen LogP contribution in [0.5, 0.6) is 0 Å². The van der Waals surface area contributed by atoms with Gasteiger partial charge < -0.3 is 9.13 Å². The maximum absolute atomic E-state index is 5.43. The molecule has 4 heterocycles. The Bertz CT molecular complexity index is 2960. The Morgan fingerprint density at radius 3 is 1.24 bits per heavy atom. The third-order valence-electron chi connectivity index (χ3n) is 11.9. The van der Waals surface area contributed by atoms with Crippen molar-refractivity contribution in [2.24, 2.45) is 0 Å². The highest BCUT2D eigenvalue weighted by Gasteiger charge is 2.38. The van der Waals surface area contributed by atoms with Crippen LogP contribution in [0.3, 0.4) is 0 Å². The van der Waals surface area contributed by atoms with Gasteiger partial charge in [-0.15, -0.1) is 0 Å². The summed E-state index contributed by atoms with van der Waals surface area (Å²) in [6.45, 7) is 8.85. The molecule has 1 aliphatic carbocycles. The van der Waals surface area contributed by atoms with E-state index >= 15 is 0 Å². The lowest BCUT2D eigenvalue weighted by Crippen LogP contribution is -2.15. The van der Waals surface area contributed by atoms with Crippen LogP contribution in [0.2, 0.25) is 0 Å². The normalized spacial score (nSPS) is 13.2. The zero-order valence-corrected chi connectivity index (χ0v) is 31.3. The Hall–Kier alpha value is -6.78. The third kappa shape index (κ3) is 4.71. The van der Waals surface area contributed by atoms with Gasteiger partial charge in [-0.2, -0.15) is 0 Å². The number of para-hydroxylation sites is 2. The van der Waals surface area contributed by atoms with Gasteiger partial charge in [0, 0.05) is 49.5 Å². The first kappa shape index (κ1) is 31.7.